The largest absolute Gasteiger partial charge is 0.397 e. The first-order chi connectivity index (χ1) is 7.04. The van der Waals surface area contributed by atoms with Gasteiger partial charge in [0.1, 0.15) is 5.82 Å². The lowest BCUT2D eigenvalue weighted by Crippen LogP contribution is -2.14. The number of benzene rings is 1. The number of nitrogen functional groups attached to an aromatic ring is 1. The van der Waals surface area contributed by atoms with Gasteiger partial charge in [-0.15, -0.1) is 0 Å². The van der Waals surface area contributed by atoms with Crippen molar-refractivity contribution in [2.24, 2.45) is 0 Å². The molecule has 1 unspecified atom stereocenters. The summed E-state index contributed by atoms with van der Waals surface area (Å²) in [5.74, 6) is -0.232. The van der Waals surface area contributed by atoms with Gasteiger partial charge in [-0.05, 0) is 34.9 Å². The van der Waals surface area contributed by atoms with Gasteiger partial charge in [0.25, 0.3) is 0 Å². The van der Waals surface area contributed by atoms with Crippen molar-refractivity contribution in [1.29, 1.82) is 0 Å². The summed E-state index contributed by atoms with van der Waals surface area (Å²) in [6.45, 7) is 2.89. The minimum atomic E-state index is -0.232. The van der Waals surface area contributed by atoms with Crippen molar-refractivity contribution >= 4 is 45.7 Å². The molecule has 0 spiro atoms. The lowest BCUT2D eigenvalue weighted by molar-refractivity contribution is 0.621. The van der Waals surface area contributed by atoms with Crippen LogP contribution >= 0.6 is 34.4 Å². The molecule has 0 bridgehead atoms. The van der Waals surface area contributed by atoms with E-state index in [-0.39, 0.29) is 5.82 Å². The topological polar surface area (TPSA) is 38.0 Å². The zero-order valence-electron chi connectivity index (χ0n) is 8.68. The van der Waals surface area contributed by atoms with Crippen molar-refractivity contribution in [3.8, 4) is 0 Å². The minimum absolute atomic E-state index is 0.232. The van der Waals surface area contributed by atoms with E-state index in [1.165, 1.54) is 6.07 Å². The third-order valence-electron chi connectivity index (χ3n) is 2.07. The Morgan fingerprint density at radius 2 is 2.27 bits per heavy atom. The second kappa shape index (κ2) is 5.79. The highest BCUT2D eigenvalue weighted by Gasteiger charge is 2.06. The molecule has 84 valence electrons. The van der Waals surface area contributed by atoms with Crippen LogP contribution in [-0.4, -0.2) is 18.1 Å². The molecule has 0 heterocycles. The van der Waals surface area contributed by atoms with Crippen LogP contribution in [0.25, 0.3) is 0 Å². The fourth-order valence-corrected chi connectivity index (χ4v) is 1.79. The van der Waals surface area contributed by atoms with Crippen LogP contribution in [0.15, 0.2) is 12.1 Å². The number of hydrogen-bond acceptors (Lipinski definition) is 3. The predicted octanol–water partition coefficient (Wildman–Crippen LogP) is 3.18. The molecule has 1 atom stereocenters. The number of anilines is 2. The first-order valence-corrected chi connectivity index (χ1v) is 6.92. The number of thioether (sulfide) groups is 1. The highest BCUT2D eigenvalue weighted by atomic mass is 127. The SMILES string of the molecule is CSC(C)CNc1cc(F)c(I)cc1N. The summed E-state index contributed by atoms with van der Waals surface area (Å²) >= 11 is 3.69. The predicted molar refractivity (Wildman–Crippen MR) is 75.0 cm³/mol. The lowest BCUT2D eigenvalue weighted by atomic mass is 10.2. The van der Waals surface area contributed by atoms with Crippen molar-refractivity contribution in [2.45, 2.75) is 12.2 Å². The molecule has 0 aliphatic rings. The van der Waals surface area contributed by atoms with Gasteiger partial charge < -0.3 is 11.1 Å². The molecular weight excluding hydrogens is 326 g/mol. The van der Waals surface area contributed by atoms with E-state index >= 15 is 0 Å². The van der Waals surface area contributed by atoms with Crippen molar-refractivity contribution < 1.29 is 4.39 Å². The van der Waals surface area contributed by atoms with Gasteiger partial charge in [-0.2, -0.15) is 11.8 Å². The molecule has 0 aromatic heterocycles. The first-order valence-electron chi connectivity index (χ1n) is 4.55. The van der Waals surface area contributed by atoms with Crippen LogP contribution < -0.4 is 11.1 Å². The monoisotopic (exact) mass is 340 g/mol. The molecule has 0 fully saturated rings. The highest BCUT2D eigenvalue weighted by molar-refractivity contribution is 14.1. The third-order valence-corrected chi connectivity index (χ3v) is 3.87. The van der Waals surface area contributed by atoms with Crippen LogP contribution in [0.2, 0.25) is 0 Å². The van der Waals surface area contributed by atoms with E-state index in [2.05, 4.69) is 12.2 Å². The Morgan fingerprint density at radius 3 is 2.87 bits per heavy atom. The van der Waals surface area contributed by atoms with Gasteiger partial charge in [-0.1, -0.05) is 6.92 Å². The van der Waals surface area contributed by atoms with Crippen LogP contribution in [-0.2, 0) is 0 Å². The molecule has 1 aromatic carbocycles. The van der Waals surface area contributed by atoms with Gasteiger partial charge >= 0.3 is 0 Å². The Bertz CT molecular complexity index is 346. The average Bonchev–Trinajstić information content (AvgIpc) is 2.21. The maximum Gasteiger partial charge on any atom is 0.138 e. The highest BCUT2D eigenvalue weighted by Crippen LogP contribution is 2.24. The fraction of sp³-hybridized carbons (Fsp3) is 0.400. The van der Waals surface area contributed by atoms with E-state index < -0.39 is 0 Å². The van der Waals surface area contributed by atoms with Crippen LogP contribution in [0.4, 0.5) is 15.8 Å². The van der Waals surface area contributed by atoms with Gasteiger partial charge in [0, 0.05) is 17.9 Å². The Labute approximate surface area is 107 Å². The number of nitrogens with one attached hydrogen (secondary N) is 1. The Balaban J connectivity index is 2.73. The Hall–Kier alpha value is -0.170. The standard InChI is InChI=1S/C10H14FIN2S/c1-6(15-2)5-14-10-3-7(11)8(12)4-9(10)13/h3-4,6,14H,5,13H2,1-2H3. The fourth-order valence-electron chi connectivity index (χ4n) is 1.05. The normalized spacial score (nSPS) is 12.5. The lowest BCUT2D eigenvalue weighted by Gasteiger charge is -2.13. The molecule has 3 N–H and O–H groups in total. The van der Waals surface area contributed by atoms with Crippen molar-refractivity contribution in [2.75, 3.05) is 23.9 Å². The summed E-state index contributed by atoms with van der Waals surface area (Å²) in [4.78, 5) is 0. The summed E-state index contributed by atoms with van der Waals surface area (Å²) in [7, 11) is 0. The van der Waals surface area contributed by atoms with Gasteiger partial charge in [0.15, 0.2) is 0 Å². The summed E-state index contributed by atoms with van der Waals surface area (Å²) in [5, 5.41) is 3.62. The van der Waals surface area contributed by atoms with Crippen molar-refractivity contribution in [3.63, 3.8) is 0 Å². The van der Waals surface area contributed by atoms with E-state index in [1.54, 1.807) is 17.8 Å². The molecule has 0 amide bonds. The van der Waals surface area contributed by atoms with Gasteiger partial charge in [0.05, 0.1) is 14.9 Å². The summed E-state index contributed by atoms with van der Waals surface area (Å²) in [6.07, 6.45) is 2.05. The summed E-state index contributed by atoms with van der Waals surface area (Å²) in [5.41, 5.74) is 7.04. The zero-order chi connectivity index (χ0) is 11.4. The quantitative estimate of drug-likeness (QED) is 0.653. The maximum absolute atomic E-state index is 13.3. The molecule has 5 heteroatoms. The van der Waals surface area contributed by atoms with Gasteiger partial charge in [0.2, 0.25) is 0 Å². The zero-order valence-corrected chi connectivity index (χ0v) is 11.7. The molecule has 2 nitrogen and oxygen atoms in total. The second-order valence-corrected chi connectivity index (χ2v) is 5.72. The van der Waals surface area contributed by atoms with Gasteiger partial charge in [-0.3, -0.25) is 0 Å². The molecule has 15 heavy (non-hydrogen) atoms. The second-order valence-electron chi connectivity index (χ2n) is 3.28. The average molecular weight is 340 g/mol. The maximum atomic E-state index is 13.3. The van der Waals surface area contributed by atoms with Crippen molar-refractivity contribution in [1.82, 2.24) is 0 Å². The molecule has 0 saturated heterocycles. The Morgan fingerprint density at radius 1 is 1.60 bits per heavy atom. The number of halogens is 2. The number of hydrogen-bond donors (Lipinski definition) is 2. The molecule has 1 aromatic rings. The summed E-state index contributed by atoms with van der Waals surface area (Å²) in [6, 6.07) is 3.09. The molecule has 0 saturated carbocycles. The van der Waals surface area contributed by atoms with E-state index in [0.29, 0.717) is 20.2 Å². The minimum Gasteiger partial charge on any atom is -0.397 e. The van der Waals surface area contributed by atoms with E-state index in [0.717, 1.165) is 6.54 Å². The van der Waals surface area contributed by atoms with Gasteiger partial charge in [-0.25, -0.2) is 4.39 Å². The molecule has 0 aliphatic heterocycles. The summed E-state index contributed by atoms with van der Waals surface area (Å²) < 4.78 is 13.8. The molecule has 0 radical (unpaired) electrons. The van der Waals surface area contributed by atoms with E-state index in [4.69, 9.17) is 5.73 Å². The Kier molecular flexibility index (Phi) is 4.98. The van der Waals surface area contributed by atoms with E-state index in [1.807, 2.05) is 28.8 Å². The smallest absolute Gasteiger partial charge is 0.138 e. The number of rotatable bonds is 4. The molecular formula is C10H14FIN2S. The molecule has 0 aliphatic carbocycles. The third kappa shape index (κ3) is 3.71. The van der Waals surface area contributed by atoms with Crippen molar-refractivity contribution in [3.05, 3.63) is 21.5 Å². The van der Waals surface area contributed by atoms with Crippen LogP contribution in [0, 0.1) is 9.39 Å². The van der Waals surface area contributed by atoms with E-state index in [9.17, 15) is 4.39 Å². The van der Waals surface area contributed by atoms with Crippen LogP contribution in [0.5, 0.6) is 0 Å². The first kappa shape index (κ1) is 12.9. The van der Waals surface area contributed by atoms with Crippen LogP contribution in [0.1, 0.15) is 6.92 Å². The van der Waals surface area contributed by atoms with Crippen LogP contribution in [0.3, 0.4) is 0 Å². The molecule has 1 rings (SSSR count). The number of nitrogens with two attached hydrogens (primary N) is 1.